The molecule has 1 aromatic carbocycles. The Morgan fingerprint density at radius 1 is 1.14 bits per heavy atom. The molecule has 3 fully saturated rings. The van der Waals surface area contributed by atoms with Crippen molar-refractivity contribution in [2.45, 2.75) is 50.7 Å². The molecule has 0 radical (unpaired) electrons. The molecular weight excluding hydrogens is 394 g/mol. The van der Waals surface area contributed by atoms with E-state index < -0.39 is 6.61 Å². The van der Waals surface area contributed by atoms with Crippen LogP contribution < -0.4 is 9.64 Å². The Labute approximate surface area is 173 Å². The number of para-hydroxylation sites is 1. The zero-order valence-corrected chi connectivity index (χ0v) is 17.2. The van der Waals surface area contributed by atoms with Crippen molar-refractivity contribution < 1.29 is 13.5 Å². The fourth-order valence-electron chi connectivity index (χ4n) is 5.58. The predicted octanol–water partition coefficient (Wildman–Crippen LogP) is 4.38. The van der Waals surface area contributed by atoms with E-state index in [9.17, 15) is 8.78 Å². The van der Waals surface area contributed by atoms with Crippen LogP contribution >= 0.6 is 11.3 Å². The zero-order chi connectivity index (χ0) is 19.8. The summed E-state index contributed by atoms with van der Waals surface area (Å²) in [5, 5.41) is 9.19. The number of anilines is 1. The fraction of sp³-hybridized carbons (Fsp3) is 0.619. The highest BCUT2D eigenvalue weighted by molar-refractivity contribution is 7.13. The third kappa shape index (κ3) is 3.84. The maximum Gasteiger partial charge on any atom is 0.387 e. The number of rotatable bonds is 5. The van der Waals surface area contributed by atoms with Gasteiger partial charge in [-0.2, -0.15) is 8.78 Å². The molecule has 5 nitrogen and oxygen atoms in total. The Hall–Kier alpha value is -1.80. The van der Waals surface area contributed by atoms with Crippen molar-refractivity contribution in [1.29, 1.82) is 0 Å². The van der Waals surface area contributed by atoms with Gasteiger partial charge in [0.15, 0.2) is 0 Å². The molecule has 1 spiro atoms. The number of ether oxygens (including phenoxy) is 1. The van der Waals surface area contributed by atoms with Crippen LogP contribution in [0.4, 0.5) is 13.9 Å². The van der Waals surface area contributed by atoms with Crippen molar-refractivity contribution in [2.75, 3.05) is 31.1 Å². The van der Waals surface area contributed by atoms with Crippen LogP contribution in [0.1, 0.15) is 43.6 Å². The summed E-state index contributed by atoms with van der Waals surface area (Å²) in [6, 6.07) is 7.94. The second-order valence-electron chi connectivity index (χ2n) is 8.70. The highest BCUT2D eigenvalue weighted by Crippen LogP contribution is 2.49. The summed E-state index contributed by atoms with van der Waals surface area (Å²) in [6.45, 7) is 1.51. The van der Waals surface area contributed by atoms with Crippen LogP contribution in [0.3, 0.4) is 0 Å². The van der Waals surface area contributed by atoms with Gasteiger partial charge in [-0.15, -0.1) is 10.2 Å². The van der Waals surface area contributed by atoms with Crippen molar-refractivity contribution in [3.05, 3.63) is 35.3 Å². The normalized spacial score (nSPS) is 24.9. The summed E-state index contributed by atoms with van der Waals surface area (Å²) >= 11 is 1.62. The summed E-state index contributed by atoms with van der Waals surface area (Å²) in [7, 11) is 0. The molecule has 2 aromatic rings. The molecule has 3 heterocycles. The highest BCUT2D eigenvalue weighted by Gasteiger charge is 2.50. The lowest BCUT2D eigenvalue weighted by Crippen LogP contribution is -2.56. The lowest BCUT2D eigenvalue weighted by Gasteiger charge is -2.48. The standard InChI is InChI=1S/C21H26F2N4OS/c22-19(23)28-18-4-2-1-3-17(18)15-6-9-26(10-7-15)16-5-8-21(11-16)12-27(13-21)20-25-24-14-29-20/h1-4,14-16,19H,5-13H2. The van der Waals surface area contributed by atoms with Gasteiger partial charge >= 0.3 is 6.61 Å². The topological polar surface area (TPSA) is 41.5 Å². The molecule has 0 amide bonds. The van der Waals surface area contributed by atoms with Crippen LogP contribution in [-0.4, -0.2) is 53.9 Å². The van der Waals surface area contributed by atoms with Gasteiger partial charge < -0.3 is 14.5 Å². The van der Waals surface area contributed by atoms with Gasteiger partial charge in [-0.25, -0.2) is 0 Å². The zero-order valence-electron chi connectivity index (χ0n) is 16.3. The Bertz CT molecular complexity index is 820. The van der Waals surface area contributed by atoms with Crippen LogP contribution in [0.5, 0.6) is 5.75 Å². The number of piperidine rings is 1. The third-order valence-electron chi connectivity index (χ3n) is 6.97. The number of alkyl halides is 2. The SMILES string of the molecule is FC(F)Oc1ccccc1C1CCN(C2CCC3(C2)CN(c2nncs2)C3)CC1. The van der Waals surface area contributed by atoms with E-state index in [0.717, 1.165) is 49.7 Å². The molecule has 5 rings (SSSR count). The molecule has 156 valence electrons. The largest absolute Gasteiger partial charge is 0.435 e. The third-order valence-corrected chi connectivity index (χ3v) is 7.72. The summed E-state index contributed by atoms with van der Waals surface area (Å²) in [5.41, 5.74) is 3.18. The minimum atomic E-state index is -2.77. The Kier molecular flexibility index (Phi) is 5.16. The van der Waals surface area contributed by atoms with Crippen molar-refractivity contribution >= 4 is 16.5 Å². The predicted molar refractivity (Wildman–Crippen MR) is 109 cm³/mol. The maximum atomic E-state index is 12.7. The molecule has 1 aliphatic carbocycles. The molecule has 3 aliphatic rings. The molecule has 0 N–H and O–H groups in total. The minimum Gasteiger partial charge on any atom is -0.435 e. The van der Waals surface area contributed by atoms with Crippen molar-refractivity contribution in [3.8, 4) is 5.75 Å². The van der Waals surface area contributed by atoms with Crippen molar-refractivity contribution in [1.82, 2.24) is 15.1 Å². The highest BCUT2D eigenvalue weighted by atomic mass is 32.1. The molecule has 29 heavy (non-hydrogen) atoms. The molecule has 8 heteroatoms. The van der Waals surface area contributed by atoms with Crippen LogP contribution in [0.2, 0.25) is 0 Å². The van der Waals surface area contributed by atoms with Gasteiger partial charge in [-0.1, -0.05) is 29.5 Å². The number of benzene rings is 1. The van der Waals surface area contributed by atoms with Crippen LogP contribution in [-0.2, 0) is 0 Å². The Morgan fingerprint density at radius 2 is 1.93 bits per heavy atom. The number of nitrogens with zero attached hydrogens (tertiary/aromatic N) is 4. The number of likely N-dealkylation sites (tertiary alicyclic amines) is 1. The molecule has 2 aliphatic heterocycles. The average Bonchev–Trinajstić information content (AvgIpc) is 3.37. The van der Waals surface area contributed by atoms with E-state index >= 15 is 0 Å². The first kappa shape index (κ1) is 19.2. The van der Waals surface area contributed by atoms with Crippen LogP contribution in [0.25, 0.3) is 0 Å². The number of aromatic nitrogens is 2. The van der Waals surface area contributed by atoms with Crippen LogP contribution in [0.15, 0.2) is 29.8 Å². The first-order chi connectivity index (χ1) is 14.1. The molecule has 1 atom stereocenters. The Balaban J connectivity index is 1.15. The quantitative estimate of drug-likeness (QED) is 0.718. The second-order valence-corrected chi connectivity index (χ2v) is 9.51. The van der Waals surface area contributed by atoms with Gasteiger partial charge in [0.1, 0.15) is 11.3 Å². The van der Waals surface area contributed by atoms with E-state index in [-0.39, 0.29) is 0 Å². The fourth-order valence-corrected chi connectivity index (χ4v) is 6.14. The summed E-state index contributed by atoms with van der Waals surface area (Å²) in [6.07, 6.45) is 5.82. The lowest BCUT2D eigenvalue weighted by atomic mass is 9.78. The molecule has 1 unspecified atom stereocenters. The first-order valence-electron chi connectivity index (χ1n) is 10.4. The van der Waals surface area contributed by atoms with Gasteiger partial charge in [-0.05, 0) is 62.7 Å². The van der Waals surface area contributed by atoms with E-state index in [1.54, 1.807) is 29.0 Å². The van der Waals surface area contributed by atoms with E-state index in [1.165, 1.54) is 19.3 Å². The molecular formula is C21H26F2N4OS. The van der Waals surface area contributed by atoms with E-state index in [1.807, 2.05) is 12.1 Å². The Morgan fingerprint density at radius 3 is 2.66 bits per heavy atom. The molecule has 2 saturated heterocycles. The van der Waals surface area contributed by atoms with Gasteiger partial charge in [0.2, 0.25) is 5.13 Å². The van der Waals surface area contributed by atoms with E-state index in [4.69, 9.17) is 4.74 Å². The number of hydrogen-bond donors (Lipinski definition) is 0. The summed E-state index contributed by atoms with van der Waals surface area (Å²) in [4.78, 5) is 4.99. The smallest absolute Gasteiger partial charge is 0.387 e. The first-order valence-corrected chi connectivity index (χ1v) is 11.3. The number of halogens is 2. The maximum absolute atomic E-state index is 12.7. The number of hydrogen-bond acceptors (Lipinski definition) is 6. The van der Waals surface area contributed by atoms with Gasteiger partial charge in [0.05, 0.1) is 0 Å². The second kappa shape index (κ2) is 7.80. The summed E-state index contributed by atoms with van der Waals surface area (Å²) < 4.78 is 30.2. The minimum absolute atomic E-state index is 0.299. The summed E-state index contributed by atoms with van der Waals surface area (Å²) in [5.74, 6) is 0.639. The molecule has 0 bridgehead atoms. The van der Waals surface area contributed by atoms with Gasteiger partial charge in [-0.3, -0.25) is 0 Å². The monoisotopic (exact) mass is 420 g/mol. The lowest BCUT2D eigenvalue weighted by molar-refractivity contribution is -0.0508. The van der Waals surface area contributed by atoms with Gasteiger partial charge in [0, 0.05) is 24.5 Å². The van der Waals surface area contributed by atoms with E-state index in [2.05, 4.69) is 20.0 Å². The van der Waals surface area contributed by atoms with Crippen molar-refractivity contribution in [2.24, 2.45) is 5.41 Å². The average molecular weight is 421 g/mol. The molecule has 1 aromatic heterocycles. The van der Waals surface area contributed by atoms with Gasteiger partial charge in [0.25, 0.3) is 0 Å². The van der Waals surface area contributed by atoms with Crippen LogP contribution in [0, 0.1) is 5.41 Å². The van der Waals surface area contributed by atoms with E-state index in [0.29, 0.717) is 23.1 Å². The molecule has 1 saturated carbocycles. The van der Waals surface area contributed by atoms with Crippen molar-refractivity contribution in [3.63, 3.8) is 0 Å².